The topological polar surface area (TPSA) is 36.0 Å². The lowest BCUT2D eigenvalue weighted by Crippen LogP contribution is -1.86. The first-order valence-corrected chi connectivity index (χ1v) is 4.82. The number of hydrogen-bond donors (Lipinski definition) is 2. The van der Waals surface area contributed by atoms with Gasteiger partial charge in [-0.3, -0.25) is 0 Å². The van der Waals surface area contributed by atoms with Gasteiger partial charge in [-0.2, -0.15) is 4.39 Å². The van der Waals surface area contributed by atoms with Gasteiger partial charge in [0.25, 0.3) is 0 Å². The number of phenols is 1. The van der Waals surface area contributed by atoms with E-state index in [0.29, 0.717) is 17.5 Å². The SMILES string of the molecule is CCCc1c(F)[nH]c2ccc(F)c(O)c12. The Labute approximate surface area is 85.5 Å². The molecule has 15 heavy (non-hydrogen) atoms. The number of hydrogen-bond acceptors (Lipinski definition) is 1. The molecule has 1 aromatic heterocycles. The normalized spacial score (nSPS) is 11.1. The van der Waals surface area contributed by atoms with Crippen LogP contribution in [0.3, 0.4) is 0 Å². The maximum atomic E-state index is 13.4. The van der Waals surface area contributed by atoms with Crippen molar-refractivity contribution in [3.05, 3.63) is 29.5 Å². The summed E-state index contributed by atoms with van der Waals surface area (Å²) in [7, 11) is 0. The van der Waals surface area contributed by atoms with Crippen LogP contribution in [0.5, 0.6) is 5.75 Å². The van der Waals surface area contributed by atoms with Crippen LogP contribution in [0, 0.1) is 11.8 Å². The summed E-state index contributed by atoms with van der Waals surface area (Å²) in [5.41, 5.74) is 0.777. The Bertz CT molecular complexity index is 505. The highest BCUT2D eigenvalue weighted by Crippen LogP contribution is 2.32. The summed E-state index contributed by atoms with van der Waals surface area (Å²) in [6.45, 7) is 1.90. The fraction of sp³-hybridized carbons (Fsp3) is 0.273. The van der Waals surface area contributed by atoms with Gasteiger partial charge >= 0.3 is 0 Å². The second-order valence-corrected chi connectivity index (χ2v) is 3.49. The van der Waals surface area contributed by atoms with Crippen molar-refractivity contribution < 1.29 is 13.9 Å². The van der Waals surface area contributed by atoms with E-state index in [1.807, 2.05) is 6.92 Å². The second kappa shape index (κ2) is 3.53. The van der Waals surface area contributed by atoms with Crippen LogP contribution in [0.1, 0.15) is 18.9 Å². The van der Waals surface area contributed by atoms with Crippen LogP contribution >= 0.6 is 0 Å². The molecule has 0 aliphatic carbocycles. The first-order chi connectivity index (χ1) is 7.15. The molecule has 0 unspecified atom stereocenters. The van der Waals surface area contributed by atoms with E-state index in [9.17, 15) is 13.9 Å². The number of aromatic hydroxyl groups is 1. The van der Waals surface area contributed by atoms with Crippen molar-refractivity contribution >= 4 is 10.9 Å². The van der Waals surface area contributed by atoms with Crippen molar-refractivity contribution in [2.45, 2.75) is 19.8 Å². The first-order valence-electron chi connectivity index (χ1n) is 4.82. The van der Waals surface area contributed by atoms with Gasteiger partial charge in [-0.15, -0.1) is 0 Å². The highest BCUT2D eigenvalue weighted by molar-refractivity contribution is 5.89. The Kier molecular flexibility index (Phi) is 2.34. The molecule has 0 saturated heterocycles. The minimum absolute atomic E-state index is 0.259. The third-order valence-electron chi connectivity index (χ3n) is 2.44. The predicted octanol–water partition coefficient (Wildman–Crippen LogP) is 3.10. The molecule has 0 spiro atoms. The number of aryl methyl sites for hydroxylation is 1. The Morgan fingerprint density at radius 2 is 2.07 bits per heavy atom. The molecule has 2 rings (SSSR count). The molecule has 0 bridgehead atoms. The van der Waals surface area contributed by atoms with E-state index >= 15 is 0 Å². The number of benzene rings is 1. The summed E-state index contributed by atoms with van der Waals surface area (Å²) >= 11 is 0. The van der Waals surface area contributed by atoms with Crippen LogP contribution in [-0.2, 0) is 6.42 Å². The Hall–Kier alpha value is -1.58. The standard InChI is InChI=1S/C11H11F2NO/c1-2-3-6-9-8(14-11(6)13)5-4-7(12)10(9)15/h4-5,14-15H,2-3H2,1H3. The molecule has 0 amide bonds. The number of aromatic amines is 1. The molecule has 1 aromatic carbocycles. The summed E-state index contributed by atoms with van der Waals surface area (Å²) < 4.78 is 26.5. The monoisotopic (exact) mass is 211 g/mol. The van der Waals surface area contributed by atoms with E-state index in [1.165, 1.54) is 6.07 Å². The van der Waals surface area contributed by atoms with Gasteiger partial charge in [0.2, 0.25) is 0 Å². The molecule has 0 atom stereocenters. The molecular weight excluding hydrogens is 200 g/mol. The first kappa shape index (κ1) is 9.96. The summed E-state index contributed by atoms with van der Waals surface area (Å²) in [5.74, 6) is -1.69. The van der Waals surface area contributed by atoms with Crippen LogP contribution in [-0.4, -0.2) is 10.1 Å². The lowest BCUT2D eigenvalue weighted by atomic mass is 10.1. The zero-order chi connectivity index (χ0) is 11.0. The molecule has 2 N–H and O–H groups in total. The number of nitrogens with one attached hydrogen (secondary N) is 1. The average Bonchev–Trinajstić information content (AvgIpc) is 2.51. The van der Waals surface area contributed by atoms with Crippen molar-refractivity contribution in [2.75, 3.05) is 0 Å². The zero-order valence-corrected chi connectivity index (χ0v) is 8.27. The third kappa shape index (κ3) is 1.46. The Balaban J connectivity index is 2.77. The maximum absolute atomic E-state index is 13.4. The van der Waals surface area contributed by atoms with E-state index in [2.05, 4.69) is 4.98 Å². The zero-order valence-electron chi connectivity index (χ0n) is 8.27. The van der Waals surface area contributed by atoms with E-state index in [0.717, 1.165) is 12.5 Å². The van der Waals surface area contributed by atoms with E-state index in [-0.39, 0.29) is 5.39 Å². The van der Waals surface area contributed by atoms with Gasteiger partial charge in [0.05, 0.1) is 10.9 Å². The minimum atomic E-state index is -0.723. The van der Waals surface area contributed by atoms with Gasteiger partial charge in [0.15, 0.2) is 17.5 Å². The molecule has 0 radical (unpaired) electrons. The van der Waals surface area contributed by atoms with Crippen molar-refractivity contribution in [2.24, 2.45) is 0 Å². The Morgan fingerprint density at radius 3 is 2.73 bits per heavy atom. The van der Waals surface area contributed by atoms with Crippen molar-refractivity contribution in [1.82, 2.24) is 4.98 Å². The van der Waals surface area contributed by atoms with Gasteiger partial charge in [-0.25, -0.2) is 4.39 Å². The fourth-order valence-corrected chi connectivity index (χ4v) is 1.76. The molecule has 4 heteroatoms. The van der Waals surface area contributed by atoms with Crippen molar-refractivity contribution in [3.8, 4) is 5.75 Å². The van der Waals surface area contributed by atoms with Gasteiger partial charge in [0.1, 0.15) is 0 Å². The molecule has 0 aliphatic rings. The second-order valence-electron chi connectivity index (χ2n) is 3.49. The summed E-state index contributed by atoms with van der Waals surface area (Å²) in [6.07, 6.45) is 1.21. The van der Waals surface area contributed by atoms with Crippen LogP contribution < -0.4 is 0 Å². The summed E-state index contributed by atoms with van der Waals surface area (Å²) in [5, 5.41) is 9.78. The summed E-state index contributed by atoms with van der Waals surface area (Å²) in [6, 6.07) is 2.54. The maximum Gasteiger partial charge on any atom is 0.195 e. The largest absolute Gasteiger partial charge is 0.504 e. The quantitative estimate of drug-likeness (QED) is 0.786. The number of fused-ring (bicyclic) bond motifs is 1. The molecule has 2 nitrogen and oxygen atoms in total. The lowest BCUT2D eigenvalue weighted by Gasteiger charge is -2.00. The number of rotatable bonds is 2. The van der Waals surface area contributed by atoms with Crippen molar-refractivity contribution in [1.29, 1.82) is 0 Å². The minimum Gasteiger partial charge on any atom is -0.504 e. The van der Waals surface area contributed by atoms with Crippen LogP contribution in [0.2, 0.25) is 0 Å². The molecule has 2 aromatic rings. The Morgan fingerprint density at radius 1 is 1.33 bits per heavy atom. The van der Waals surface area contributed by atoms with Crippen LogP contribution in [0.15, 0.2) is 12.1 Å². The molecule has 80 valence electrons. The summed E-state index contributed by atoms with van der Waals surface area (Å²) in [4.78, 5) is 2.49. The fourth-order valence-electron chi connectivity index (χ4n) is 1.76. The number of aromatic nitrogens is 1. The predicted molar refractivity (Wildman–Crippen MR) is 53.9 cm³/mol. The van der Waals surface area contributed by atoms with Crippen LogP contribution in [0.4, 0.5) is 8.78 Å². The number of phenolic OH excluding ortho intramolecular Hbond substituents is 1. The third-order valence-corrected chi connectivity index (χ3v) is 2.44. The van der Waals surface area contributed by atoms with Crippen LogP contribution in [0.25, 0.3) is 10.9 Å². The lowest BCUT2D eigenvalue weighted by molar-refractivity contribution is 0.438. The number of halogens is 2. The van der Waals surface area contributed by atoms with Gasteiger partial charge in [0, 0.05) is 5.56 Å². The molecule has 0 aliphatic heterocycles. The molecule has 0 fully saturated rings. The number of H-pyrrole nitrogens is 1. The molecule has 1 heterocycles. The van der Waals surface area contributed by atoms with E-state index in [4.69, 9.17) is 0 Å². The average molecular weight is 211 g/mol. The van der Waals surface area contributed by atoms with Gasteiger partial charge in [-0.05, 0) is 18.6 Å². The molecule has 0 saturated carbocycles. The van der Waals surface area contributed by atoms with Crippen molar-refractivity contribution in [3.63, 3.8) is 0 Å². The highest BCUT2D eigenvalue weighted by Gasteiger charge is 2.16. The van der Waals surface area contributed by atoms with Gasteiger partial charge in [-0.1, -0.05) is 13.3 Å². The molecular formula is C11H11F2NO. The van der Waals surface area contributed by atoms with Gasteiger partial charge < -0.3 is 10.1 Å². The van der Waals surface area contributed by atoms with E-state index in [1.54, 1.807) is 0 Å². The van der Waals surface area contributed by atoms with E-state index < -0.39 is 17.5 Å². The highest BCUT2D eigenvalue weighted by atomic mass is 19.1. The smallest absolute Gasteiger partial charge is 0.195 e.